The molecule has 2 aromatic carbocycles. The number of hydrogen-bond donors (Lipinski definition) is 6. The third kappa shape index (κ3) is 4.76. The molecular weight excluding hydrogens is 367 g/mol. The van der Waals surface area contributed by atoms with Gasteiger partial charge in [0.2, 0.25) is 0 Å². The molecule has 1 atom stereocenters. The Kier molecular flexibility index (Phi) is 5.83. The smallest absolute Gasteiger partial charge is 0.388 e. The highest BCUT2D eigenvalue weighted by atomic mass is 32.7. The van der Waals surface area contributed by atoms with Crippen LogP contribution in [0.3, 0.4) is 0 Å². The lowest BCUT2D eigenvalue weighted by Gasteiger charge is -2.33. The van der Waals surface area contributed by atoms with Gasteiger partial charge in [-0.25, -0.2) is 4.57 Å². The summed E-state index contributed by atoms with van der Waals surface area (Å²) in [4.78, 5) is 18.3. The number of phenols is 2. The second kappa shape index (κ2) is 7.37. The van der Waals surface area contributed by atoms with Crippen LogP contribution >= 0.6 is 18.2 Å². The summed E-state index contributed by atoms with van der Waals surface area (Å²) in [6, 6.07) is 9.45. The molecular formula is C16H19O7PS. The Bertz CT molecular complexity index is 803. The fraction of sp³-hybridized carbons (Fsp3) is 0.250. The quantitative estimate of drug-likeness (QED) is 0.329. The predicted octanol–water partition coefficient (Wildman–Crippen LogP) is 2.61. The van der Waals surface area contributed by atoms with Gasteiger partial charge >= 0.3 is 6.80 Å². The Morgan fingerprint density at radius 3 is 2.28 bits per heavy atom. The van der Waals surface area contributed by atoms with Crippen molar-refractivity contribution < 1.29 is 34.8 Å². The van der Waals surface area contributed by atoms with Crippen LogP contribution in [0, 0.1) is 0 Å². The van der Waals surface area contributed by atoms with E-state index in [-0.39, 0.29) is 39.8 Å². The second-order valence-corrected chi connectivity index (χ2v) is 9.12. The van der Waals surface area contributed by atoms with E-state index in [4.69, 9.17) is 0 Å². The van der Waals surface area contributed by atoms with Crippen molar-refractivity contribution in [2.24, 2.45) is 0 Å². The first-order valence-corrected chi connectivity index (χ1v) is 10.4. The van der Waals surface area contributed by atoms with E-state index in [0.717, 1.165) is 6.07 Å². The number of aromatic hydroxyl groups is 2. The van der Waals surface area contributed by atoms with E-state index in [0.29, 0.717) is 5.56 Å². The van der Waals surface area contributed by atoms with Gasteiger partial charge in [0.1, 0.15) is 11.5 Å². The van der Waals surface area contributed by atoms with Gasteiger partial charge < -0.3 is 30.2 Å². The van der Waals surface area contributed by atoms with Crippen LogP contribution in [-0.4, -0.2) is 30.2 Å². The molecule has 2 rings (SSSR count). The third-order valence-corrected chi connectivity index (χ3v) is 5.84. The summed E-state index contributed by atoms with van der Waals surface area (Å²) in [5.74, 6) is -3.76. The fourth-order valence-corrected chi connectivity index (χ4v) is 4.63. The summed E-state index contributed by atoms with van der Waals surface area (Å²) >= 11 is 0.175. The van der Waals surface area contributed by atoms with Crippen molar-refractivity contribution in [3.8, 4) is 11.5 Å². The molecule has 0 saturated carbocycles. The van der Waals surface area contributed by atoms with Crippen LogP contribution < -0.4 is 0 Å². The third-order valence-electron chi connectivity index (χ3n) is 3.74. The molecule has 7 nitrogen and oxygen atoms in total. The zero-order chi connectivity index (χ0) is 18.8. The Morgan fingerprint density at radius 1 is 1.08 bits per heavy atom. The Labute approximate surface area is 148 Å². The first-order chi connectivity index (χ1) is 11.5. The van der Waals surface area contributed by atoms with Crippen molar-refractivity contribution in [1.29, 1.82) is 0 Å². The summed E-state index contributed by atoms with van der Waals surface area (Å²) in [5, 5.41) is 40.9. The molecule has 0 amide bonds. The standard InChI is InChI=1S/C16H19O7PS/c1-2-13(10-4-3-5-11(17)8-10)16(19,20)14-9-12(18)6-7-15(14)25-24(21,22)23/h3-9,13,17-20H,2H2,1H3,(H2,21,22,23). The number of benzene rings is 2. The van der Waals surface area contributed by atoms with Crippen molar-refractivity contribution in [1.82, 2.24) is 0 Å². The van der Waals surface area contributed by atoms with E-state index in [2.05, 4.69) is 0 Å². The van der Waals surface area contributed by atoms with Crippen LogP contribution in [0.4, 0.5) is 0 Å². The topological polar surface area (TPSA) is 138 Å². The SMILES string of the molecule is CCC(c1cccc(O)c1)C(O)(O)c1cc(O)ccc1SP(=O)(O)O. The number of hydrogen-bond acceptors (Lipinski definition) is 6. The highest BCUT2D eigenvalue weighted by molar-refractivity contribution is 8.54. The van der Waals surface area contributed by atoms with Crippen LogP contribution in [0.5, 0.6) is 11.5 Å². The second-order valence-electron chi connectivity index (χ2n) is 5.54. The fourth-order valence-electron chi connectivity index (χ4n) is 2.70. The monoisotopic (exact) mass is 386 g/mol. The minimum Gasteiger partial charge on any atom is -0.508 e. The number of aliphatic hydroxyl groups is 2. The molecule has 0 aliphatic carbocycles. The number of phenolic OH excluding ortho intramolecular Hbond substituents is 2. The molecule has 136 valence electrons. The molecule has 0 aromatic heterocycles. The molecule has 1 unspecified atom stereocenters. The molecule has 0 fully saturated rings. The Hall–Kier alpha value is -1.54. The molecule has 0 radical (unpaired) electrons. The van der Waals surface area contributed by atoms with Gasteiger partial charge in [-0.2, -0.15) is 0 Å². The van der Waals surface area contributed by atoms with Crippen LogP contribution in [0.1, 0.15) is 30.4 Å². The largest absolute Gasteiger partial charge is 0.508 e. The lowest BCUT2D eigenvalue weighted by molar-refractivity contribution is -0.191. The molecule has 0 aliphatic rings. The highest BCUT2D eigenvalue weighted by Crippen LogP contribution is 2.57. The van der Waals surface area contributed by atoms with Crippen LogP contribution in [0.15, 0.2) is 47.4 Å². The Morgan fingerprint density at radius 2 is 1.72 bits per heavy atom. The normalized spacial score (nSPS) is 13.6. The average molecular weight is 386 g/mol. The van der Waals surface area contributed by atoms with Crippen LogP contribution in [0.2, 0.25) is 0 Å². The molecule has 0 saturated heterocycles. The minimum atomic E-state index is -4.54. The minimum absolute atomic E-state index is 0.0486. The maximum Gasteiger partial charge on any atom is 0.388 e. The molecule has 0 aliphatic heterocycles. The maximum atomic E-state index is 11.3. The van der Waals surface area contributed by atoms with Crippen LogP contribution in [0.25, 0.3) is 0 Å². The first kappa shape index (κ1) is 19.8. The van der Waals surface area contributed by atoms with Gasteiger partial charge in [-0.1, -0.05) is 19.1 Å². The first-order valence-electron chi connectivity index (χ1n) is 7.37. The zero-order valence-electron chi connectivity index (χ0n) is 13.3. The molecule has 0 bridgehead atoms. The summed E-state index contributed by atoms with van der Waals surface area (Å²) < 4.78 is 11.3. The molecule has 0 heterocycles. The molecule has 6 N–H and O–H groups in total. The van der Waals surface area contributed by atoms with Gasteiger partial charge in [-0.15, -0.1) is 0 Å². The van der Waals surface area contributed by atoms with Gasteiger partial charge in [0.05, 0.1) is 0 Å². The van der Waals surface area contributed by atoms with E-state index in [1.807, 2.05) is 0 Å². The average Bonchev–Trinajstić information content (AvgIpc) is 2.48. The van der Waals surface area contributed by atoms with Crippen molar-refractivity contribution in [3.63, 3.8) is 0 Å². The maximum absolute atomic E-state index is 11.3. The summed E-state index contributed by atoms with van der Waals surface area (Å²) in [5.41, 5.74) is 0.207. The number of rotatable bonds is 6. The van der Waals surface area contributed by atoms with E-state index < -0.39 is 18.5 Å². The van der Waals surface area contributed by atoms with Crippen molar-refractivity contribution >= 4 is 18.2 Å². The van der Waals surface area contributed by atoms with Crippen molar-refractivity contribution in [2.45, 2.75) is 29.9 Å². The van der Waals surface area contributed by atoms with Gasteiger partial charge in [0, 0.05) is 16.4 Å². The molecule has 0 spiro atoms. The van der Waals surface area contributed by atoms with Gasteiger partial charge in [0.15, 0.2) is 5.79 Å². The summed E-state index contributed by atoms with van der Waals surface area (Å²) in [7, 11) is 0. The van der Waals surface area contributed by atoms with E-state index >= 15 is 0 Å². The van der Waals surface area contributed by atoms with Crippen LogP contribution in [-0.2, 0) is 10.4 Å². The van der Waals surface area contributed by atoms with Crippen molar-refractivity contribution in [3.05, 3.63) is 53.6 Å². The van der Waals surface area contributed by atoms with E-state index in [1.54, 1.807) is 19.1 Å². The molecule has 9 heteroatoms. The highest BCUT2D eigenvalue weighted by Gasteiger charge is 2.39. The Balaban J connectivity index is 2.57. The van der Waals surface area contributed by atoms with Crippen molar-refractivity contribution in [2.75, 3.05) is 0 Å². The lowest BCUT2D eigenvalue weighted by Crippen LogP contribution is -2.33. The molecule has 2 aromatic rings. The van der Waals surface area contributed by atoms with Gasteiger partial charge in [-0.05, 0) is 53.7 Å². The van der Waals surface area contributed by atoms with E-state index in [1.165, 1.54) is 24.3 Å². The zero-order valence-corrected chi connectivity index (χ0v) is 15.0. The summed E-state index contributed by atoms with van der Waals surface area (Å²) in [6.45, 7) is -2.84. The summed E-state index contributed by atoms with van der Waals surface area (Å²) in [6.07, 6.45) is 0.256. The van der Waals surface area contributed by atoms with Gasteiger partial charge in [0.25, 0.3) is 0 Å². The van der Waals surface area contributed by atoms with E-state index in [9.17, 15) is 34.8 Å². The molecule has 25 heavy (non-hydrogen) atoms. The predicted molar refractivity (Wildman–Crippen MR) is 93.3 cm³/mol. The van der Waals surface area contributed by atoms with Gasteiger partial charge in [-0.3, -0.25) is 0 Å². The lowest BCUT2D eigenvalue weighted by atomic mass is 9.84.